The maximum Gasteiger partial charge on any atom is 0.333 e. The lowest BCUT2D eigenvalue weighted by Crippen LogP contribution is -2.21. The predicted octanol–water partition coefficient (Wildman–Crippen LogP) is 2.00. The van der Waals surface area contributed by atoms with Crippen molar-refractivity contribution in [2.45, 2.75) is 12.8 Å². The van der Waals surface area contributed by atoms with Gasteiger partial charge in [-0.25, -0.2) is 4.79 Å². The van der Waals surface area contributed by atoms with Gasteiger partial charge in [-0.3, -0.25) is 0 Å². The third-order valence-electron chi connectivity index (χ3n) is 3.08. The molecule has 0 aliphatic carbocycles. The molecule has 0 atom stereocenters. The second-order valence-corrected chi connectivity index (χ2v) is 4.00. The highest BCUT2D eigenvalue weighted by Gasteiger charge is 2.26. The average molecular weight is 238 g/mol. The second kappa shape index (κ2) is 3.83. The van der Waals surface area contributed by atoms with Crippen LogP contribution in [-0.2, 0) is 17.6 Å². The molecule has 0 aromatic heterocycles. The quantitative estimate of drug-likeness (QED) is 0.812. The second-order valence-electron chi connectivity index (χ2n) is 4.00. The zero-order valence-corrected chi connectivity index (χ0v) is 9.46. The zero-order valence-electron chi connectivity index (χ0n) is 8.64. The summed E-state index contributed by atoms with van der Waals surface area (Å²) in [7, 11) is 0. The Bertz CT molecular complexity index is 482. The lowest BCUT2D eigenvalue weighted by Gasteiger charge is -2.23. The van der Waals surface area contributed by atoms with Crippen LogP contribution in [0.1, 0.15) is 11.1 Å². The van der Waals surface area contributed by atoms with Crippen molar-refractivity contribution in [3.05, 3.63) is 41.1 Å². The number of carbonyl (C=O) groups is 1. The van der Waals surface area contributed by atoms with E-state index in [9.17, 15) is 4.79 Å². The minimum Gasteiger partial charge on any atom is -0.478 e. The highest BCUT2D eigenvalue weighted by molar-refractivity contribution is 5.90. The Kier molecular flexibility index (Phi) is 2.64. The summed E-state index contributed by atoms with van der Waals surface area (Å²) >= 11 is 0. The molecule has 3 rings (SSSR count). The topological polar surface area (TPSA) is 40.5 Å². The number of aliphatic carboxylic acids is 1. The summed E-state index contributed by atoms with van der Waals surface area (Å²) in [5.74, 6) is -0.807. The first-order chi connectivity index (χ1) is 7.25. The van der Waals surface area contributed by atoms with Crippen LogP contribution in [0.5, 0.6) is 0 Å². The van der Waals surface area contributed by atoms with Crippen molar-refractivity contribution in [3.8, 4) is 0 Å². The summed E-state index contributed by atoms with van der Waals surface area (Å²) in [6.45, 7) is 0.906. The molecule has 16 heavy (non-hydrogen) atoms. The third-order valence-corrected chi connectivity index (χ3v) is 3.08. The third kappa shape index (κ3) is 1.48. The number of anilines is 1. The van der Waals surface area contributed by atoms with Gasteiger partial charge in [-0.1, -0.05) is 18.2 Å². The van der Waals surface area contributed by atoms with Crippen LogP contribution in [0.2, 0.25) is 0 Å². The van der Waals surface area contributed by atoms with E-state index < -0.39 is 5.97 Å². The van der Waals surface area contributed by atoms with Gasteiger partial charge in [0.2, 0.25) is 0 Å². The first-order valence-corrected chi connectivity index (χ1v) is 5.07. The largest absolute Gasteiger partial charge is 0.478 e. The SMILES string of the molecule is Cl.O=C(O)C1=CN2CCc3cccc(c32)C1. The molecule has 1 aromatic rings. The molecule has 0 spiro atoms. The molecule has 0 radical (unpaired) electrons. The predicted molar refractivity (Wildman–Crippen MR) is 64.2 cm³/mol. The molecule has 2 heterocycles. The summed E-state index contributed by atoms with van der Waals surface area (Å²) in [5, 5.41) is 9.00. The molecule has 0 unspecified atom stereocenters. The van der Waals surface area contributed by atoms with Crippen LogP contribution in [0, 0.1) is 0 Å². The van der Waals surface area contributed by atoms with E-state index in [1.807, 2.05) is 12.1 Å². The number of carboxylic acid groups (broad SMARTS) is 1. The fraction of sp³-hybridized carbons (Fsp3) is 0.250. The smallest absolute Gasteiger partial charge is 0.333 e. The van der Waals surface area contributed by atoms with E-state index in [2.05, 4.69) is 11.0 Å². The van der Waals surface area contributed by atoms with Crippen molar-refractivity contribution < 1.29 is 9.90 Å². The van der Waals surface area contributed by atoms with Gasteiger partial charge in [0.25, 0.3) is 0 Å². The maximum absolute atomic E-state index is 10.9. The van der Waals surface area contributed by atoms with Gasteiger partial charge in [-0.15, -0.1) is 12.4 Å². The summed E-state index contributed by atoms with van der Waals surface area (Å²) in [4.78, 5) is 13.0. The van der Waals surface area contributed by atoms with E-state index in [0.717, 1.165) is 18.5 Å². The van der Waals surface area contributed by atoms with Gasteiger partial charge in [-0.2, -0.15) is 0 Å². The number of hydrogen-bond donors (Lipinski definition) is 1. The molecule has 0 saturated heterocycles. The number of carboxylic acids is 1. The first-order valence-electron chi connectivity index (χ1n) is 5.07. The Morgan fingerprint density at radius 3 is 2.81 bits per heavy atom. The molecule has 0 fully saturated rings. The average Bonchev–Trinajstić information content (AvgIpc) is 2.64. The summed E-state index contributed by atoms with van der Waals surface area (Å²) in [6.07, 6.45) is 3.35. The van der Waals surface area contributed by atoms with Gasteiger partial charge >= 0.3 is 5.97 Å². The first kappa shape index (κ1) is 11.0. The fourth-order valence-corrected chi connectivity index (χ4v) is 2.41. The molecule has 1 aromatic carbocycles. The molecule has 3 nitrogen and oxygen atoms in total. The van der Waals surface area contributed by atoms with E-state index in [4.69, 9.17) is 5.11 Å². The molecule has 0 bridgehead atoms. The standard InChI is InChI=1S/C12H11NO2.ClH/c14-12(15)10-6-9-3-1-2-8-4-5-13(7-10)11(8)9;/h1-3,7H,4-6H2,(H,14,15);1H. The van der Waals surface area contributed by atoms with Gasteiger partial charge < -0.3 is 10.0 Å². The van der Waals surface area contributed by atoms with E-state index in [0.29, 0.717) is 12.0 Å². The Labute approximate surface area is 99.8 Å². The summed E-state index contributed by atoms with van der Waals surface area (Å²) < 4.78 is 0. The van der Waals surface area contributed by atoms with Gasteiger partial charge in [0.05, 0.1) is 5.57 Å². The van der Waals surface area contributed by atoms with Crippen LogP contribution in [0.3, 0.4) is 0 Å². The summed E-state index contributed by atoms with van der Waals surface area (Å²) in [6, 6.07) is 6.16. The number of para-hydroxylation sites is 1. The molecule has 4 heteroatoms. The Morgan fingerprint density at radius 1 is 1.31 bits per heavy atom. The number of hydrogen-bond acceptors (Lipinski definition) is 2. The Hall–Kier alpha value is -1.48. The van der Waals surface area contributed by atoms with E-state index >= 15 is 0 Å². The molecular weight excluding hydrogens is 226 g/mol. The highest BCUT2D eigenvalue weighted by Crippen LogP contribution is 2.36. The van der Waals surface area contributed by atoms with Gasteiger partial charge in [-0.05, 0) is 17.5 Å². The molecule has 84 valence electrons. The van der Waals surface area contributed by atoms with Crippen LogP contribution < -0.4 is 4.90 Å². The minimum atomic E-state index is -0.807. The van der Waals surface area contributed by atoms with Crippen LogP contribution in [0.15, 0.2) is 30.0 Å². The molecule has 2 aliphatic heterocycles. The lowest BCUT2D eigenvalue weighted by atomic mass is 9.98. The highest BCUT2D eigenvalue weighted by atomic mass is 35.5. The molecule has 0 saturated carbocycles. The Morgan fingerprint density at radius 2 is 2.06 bits per heavy atom. The normalized spacial score (nSPS) is 16.2. The number of rotatable bonds is 1. The van der Waals surface area contributed by atoms with Crippen molar-refractivity contribution in [2.75, 3.05) is 11.4 Å². The molecule has 0 amide bonds. The van der Waals surface area contributed by atoms with Crippen LogP contribution in [-0.4, -0.2) is 17.6 Å². The van der Waals surface area contributed by atoms with E-state index in [1.165, 1.54) is 11.3 Å². The van der Waals surface area contributed by atoms with Crippen LogP contribution in [0.25, 0.3) is 0 Å². The minimum absolute atomic E-state index is 0. The molecule has 2 aliphatic rings. The van der Waals surface area contributed by atoms with Crippen LogP contribution >= 0.6 is 12.4 Å². The Balaban J connectivity index is 0.000000963. The van der Waals surface area contributed by atoms with Crippen LogP contribution in [0.4, 0.5) is 5.69 Å². The molecule has 1 N–H and O–H groups in total. The van der Waals surface area contributed by atoms with Gasteiger partial charge in [0.1, 0.15) is 0 Å². The fourth-order valence-electron chi connectivity index (χ4n) is 2.41. The number of halogens is 1. The van der Waals surface area contributed by atoms with E-state index in [1.54, 1.807) is 6.20 Å². The van der Waals surface area contributed by atoms with Crippen molar-refractivity contribution in [2.24, 2.45) is 0 Å². The van der Waals surface area contributed by atoms with Gasteiger partial charge in [0, 0.05) is 24.9 Å². The van der Waals surface area contributed by atoms with Gasteiger partial charge in [0.15, 0.2) is 0 Å². The lowest BCUT2D eigenvalue weighted by molar-refractivity contribution is -0.132. The monoisotopic (exact) mass is 237 g/mol. The number of nitrogens with zero attached hydrogens (tertiary/aromatic N) is 1. The number of benzene rings is 1. The van der Waals surface area contributed by atoms with Crippen molar-refractivity contribution >= 4 is 24.1 Å². The summed E-state index contributed by atoms with van der Waals surface area (Å²) in [5.41, 5.74) is 4.21. The molecular formula is C12H12ClNO2. The zero-order chi connectivity index (χ0) is 10.4. The van der Waals surface area contributed by atoms with Crippen molar-refractivity contribution in [3.63, 3.8) is 0 Å². The maximum atomic E-state index is 10.9. The van der Waals surface area contributed by atoms with Crippen molar-refractivity contribution in [1.29, 1.82) is 0 Å². The van der Waals surface area contributed by atoms with E-state index in [-0.39, 0.29) is 12.4 Å². The van der Waals surface area contributed by atoms with Crippen molar-refractivity contribution in [1.82, 2.24) is 0 Å².